The molecule has 0 atom stereocenters. The highest BCUT2D eigenvalue weighted by Crippen LogP contribution is 2.37. The molecule has 0 aliphatic rings. The van der Waals surface area contributed by atoms with Gasteiger partial charge in [0, 0.05) is 12.0 Å². The Balaban J connectivity index is 2.57. The average Bonchev–Trinajstić information content (AvgIpc) is 2.69. The number of nitrogen functional groups attached to an aromatic ring is 1. The molecular formula is C15H20N2O2. The lowest BCUT2D eigenvalue weighted by Crippen LogP contribution is -1.97. The molecule has 102 valence electrons. The third kappa shape index (κ3) is 2.72. The van der Waals surface area contributed by atoms with Gasteiger partial charge in [-0.1, -0.05) is 30.6 Å². The Labute approximate surface area is 113 Å². The molecule has 0 spiro atoms. The standard InChI is InChI=1S/C15H20N2O2/c1-9(2)7-13-14(15(16)17-19-13)11-8-10(3)5-6-12(11)18-4/h5-6,8-9H,7H2,1-4H3,(H2,16,17). The number of hydrogen-bond acceptors (Lipinski definition) is 4. The number of methoxy groups -OCH3 is 1. The second kappa shape index (κ2) is 5.34. The molecule has 1 aromatic carbocycles. The first kappa shape index (κ1) is 13.5. The van der Waals surface area contributed by atoms with Crippen LogP contribution in [0, 0.1) is 12.8 Å². The third-order valence-electron chi connectivity index (χ3n) is 3.01. The van der Waals surface area contributed by atoms with Gasteiger partial charge in [-0.2, -0.15) is 0 Å². The number of nitrogens with zero attached hydrogens (tertiary/aromatic N) is 1. The number of nitrogens with two attached hydrogens (primary N) is 1. The second-order valence-electron chi connectivity index (χ2n) is 5.17. The van der Waals surface area contributed by atoms with Crippen LogP contribution >= 0.6 is 0 Å². The number of benzene rings is 1. The molecule has 0 radical (unpaired) electrons. The van der Waals surface area contributed by atoms with E-state index in [-0.39, 0.29) is 0 Å². The van der Waals surface area contributed by atoms with Crippen LogP contribution in [0.25, 0.3) is 11.1 Å². The first-order chi connectivity index (χ1) is 9.02. The van der Waals surface area contributed by atoms with Crippen molar-refractivity contribution in [3.8, 4) is 16.9 Å². The minimum absolute atomic E-state index is 0.416. The van der Waals surface area contributed by atoms with Crippen molar-refractivity contribution >= 4 is 5.82 Å². The smallest absolute Gasteiger partial charge is 0.175 e. The van der Waals surface area contributed by atoms with Crippen LogP contribution in [0.1, 0.15) is 25.2 Å². The summed E-state index contributed by atoms with van der Waals surface area (Å²) in [6.07, 6.45) is 0.802. The summed E-state index contributed by atoms with van der Waals surface area (Å²) in [5.41, 5.74) is 8.91. The molecule has 2 rings (SSSR count). The minimum Gasteiger partial charge on any atom is -0.496 e. The van der Waals surface area contributed by atoms with Crippen molar-refractivity contribution in [3.63, 3.8) is 0 Å². The number of ether oxygens (including phenoxy) is 1. The summed E-state index contributed by atoms with van der Waals surface area (Å²) in [5, 5.41) is 3.90. The summed E-state index contributed by atoms with van der Waals surface area (Å²) in [6, 6.07) is 6.00. The summed E-state index contributed by atoms with van der Waals surface area (Å²) in [7, 11) is 1.65. The first-order valence-electron chi connectivity index (χ1n) is 6.42. The molecule has 0 unspecified atom stereocenters. The Kier molecular flexibility index (Phi) is 3.79. The molecule has 0 saturated carbocycles. The van der Waals surface area contributed by atoms with Crippen molar-refractivity contribution in [1.29, 1.82) is 0 Å². The Morgan fingerprint density at radius 2 is 2.11 bits per heavy atom. The molecule has 0 aliphatic heterocycles. The number of hydrogen-bond donors (Lipinski definition) is 1. The average molecular weight is 260 g/mol. The second-order valence-corrected chi connectivity index (χ2v) is 5.17. The fourth-order valence-electron chi connectivity index (χ4n) is 2.15. The summed E-state index contributed by atoms with van der Waals surface area (Å²) in [4.78, 5) is 0. The Morgan fingerprint density at radius 3 is 2.74 bits per heavy atom. The van der Waals surface area contributed by atoms with E-state index in [9.17, 15) is 0 Å². The van der Waals surface area contributed by atoms with Gasteiger partial charge in [0.15, 0.2) is 5.82 Å². The zero-order valence-corrected chi connectivity index (χ0v) is 11.9. The fraction of sp³-hybridized carbons (Fsp3) is 0.400. The third-order valence-corrected chi connectivity index (χ3v) is 3.01. The van der Waals surface area contributed by atoms with E-state index in [1.165, 1.54) is 0 Å². The van der Waals surface area contributed by atoms with E-state index < -0.39 is 0 Å². The SMILES string of the molecule is COc1ccc(C)cc1-c1c(N)noc1CC(C)C. The van der Waals surface area contributed by atoms with Gasteiger partial charge < -0.3 is 15.0 Å². The summed E-state index contributed by atoms with van der Waals surface area (Å²) >= 11 is 0. The highest BCUT2D eigenvalue weighted by Gasteiger charge is 2.20. The highest BCUT2D eigenvalue weighted by molar-refractivity contribution is 5.80. The van der Waals surface area contributed by atoms with Crippen molar-refractivity contribution in [2.24, 2.45) is 5.92 Å². The van der Waals surface area contributed by atoms with Crippen LogP contribution in [0.3, 0.4) is 0 Å². The summed E-state index contributed by atoms with van der Waals surface area (Å²) in [5.74, 6) is 2.49. The van der Waals surface area contributed by atoms with Crippen LogP contribution in [-0.2, 0) is 6.42 Å². The van der Waals surface area contributed by atoms with E-state index in [2.05, 4.69) is 19.0 Å². The molecule has 19 heavy (non-hydrogen) atoms. The van der Waals surface area contributed by atoms with E-state index in [4.69, 9.17) is 15.0 Å². The maximum Gasteiger partial charge on any atom is 0.175 e. The predicted molar refractivity (Wildman–Crippen MR) is 76.2 cm³/mol. The predicted octanol–water partition coefficient (Wildman–Crippen LogP) is 3.44. The van der Waals surface area contributed by atoms with Crippen LogP contribution in [0.2, 0.25) is 0 Å². The highest BCUT2D eigenvalue weighted by atomic mass is 16.5. The molecule has 2 N–H and O–H groups in total. The zero-order valence-electron chi connectivity index (χ0n) is 11.9. The van der Waals surface area contributed by atoms with Gasteiger partial charge in [0.2, 0.25) is 0 Å². The molecule has 4 nitrogen and oxygen atoms in total. The van der Waals surface area contributed by atoms with Gasteiger partial charge >= 0.3 is 0 Å². The van der Waals surface area contributed by atoms with E-state index in [0.29, 0.717) is 11.7 Å². The van der Waals surface area contributed by atoms with E-state index in [1.54, 1.807) is 7.11 Å². The lowest BCUT2D eigenvalue weighted by atomic mass is 9.98. The number of anilines is 1. The molecule has 0 fully saturated rings. The van der Waals surface area contributed by atoms with Crippen LogP contribution in [0.5, 0.6) is 5.75 Å². The maximum absolute atomic E-state index is 5.96. The maximum atomic E-state index is 5.96. The summed E-state index contributed by atoms with van der Waals surface area (Å²) in [6.45, 7) is 6.31. The molecule has 2 aromatic rings. The van der Waals surface area contributed by atoms with E-state index in [0.717, 1.165) is 34.6 Å². The topological polar surface area (TPSA) is 61.3 Å². The van der Waals surface area contributed by atoms with Crippen LogP contribution < -0.4 is 10.5 Å². The number of rotatable bonds is 4. The number of aryl methyl sites for hydroxylation is 1. The molecule has 4 heteroatoms. The van der Waals surface area contributed by atoms with E-state index >= 15 is 0 Å². The van der Waals surface area contributed by atoms with Gasteiger partial charge in [-0.15, -0.1) is 0 Å². The van der Waals surface area contributed by atoms with E-state index in [1.807, 2.05) is 25.1 Å². The fourth-order valence-corrected chi connectivity index (χ4v) is 2.15. The Bertz CT molecular complexity index is 574. The Hall–Kier alpha value is -1.97. The Morgan fingerprint density at radius 1 is 1.37 bits per heavy atom. The lowest BCUT2D eigenvalue weighted by molar-refractivity contribution is 0.371. The van der Waals surface area contributed by atoms with Crippen molar-refractivity contribution in [1.82, 2.24) is 5.16 Å². The van der Waals surface area contributed by atoms with Crippen molar-refractivity contribution in [2.45, 2.75) is 27.2 Å². The van der Waals surface area contributed by atoms with Gasteiger partial charge in [0.25, 0.3) is 0 Å². The monoisotopic (exact) mass is 260 g/mol. The molecule has 0 bridgehead atoms. The van der Waals surface area contributed by atoms with Gasteiger partial charge in [-0.3, -0.25) is 0 Å². The van der Waals surface area contributed by atoms with Gasteiger partial charge in [-0.25, -0.2) is 0 Å². The zero-order chi connectivity index (χ0) is 14.0. The lowest BCUT2D eigenvalue weighted by Gasteiger charge is -2.10. The molecular weight excluding hydrogens is 240 g/mol. The normalized spacial score (nSPS) is 11.0. The van der Waals surface area contributed by atoms with Crippen molar-refractivity contribution < 1.29 is 9.26 Å². The van der Waals surface area contributed by atoms with Crippen LogP contribution in [0.15, 0.2) is 22.7 Å². The number of aromatic nitrogens is 1. The van der Waals surface area contributed by atoms with Gasteiger partial charge in [-0.05, 0) is 25.0 Å². The largest absolute Gasteiger partial charge is 0.496 e. The molecule has 1 heterocycles. The molecule has 0 amide bonds. The van der Waals surface area contributed by atoms with Gasteiger partial charge in [0.05, 0.1) is 12.7 Å². The van der Waals surface area contributed by atoms with Gasteiger partial charge in [0.1, 0.15) is 11.5 Å². The first-order valence-corrected chi connectivity index (χ1v) is 6.42. The minimum atomic E-state index is 0.416. The summed E-state index contributed by atoms with van der Waals surface area (Å²) < 4.78 is 10.8. The van der Waals surface area contributed by atoms with Crippen molar-refractivity contribution in [2.75, 3.05) is 12.8 Å². The quantitative estimate of drug-likeness (QED) is 0.914. The van der Waals surface area contributed by atoms with Crippen molar-refractivity contribution in [3.05, 3.63) is 29.5 Å². The molecule has 0 aliphatic carbocycles. The van der Waals surface area contributed by atoms with Crippen LogP contribution in [-0.4, -0.2) is 12.3 Å². The molecule has 1 aromatic heterocycles. The van der Waals surface area contributed by atoms with Crippen LogP contribution in [0.4, 0.5) is 5.82 Å². The molecule has 0 saturated heterocycles.